The smallest absolute Gasteiger partial charge is 0.295 e. The predicted octanol–water partition coefficient (Wildman–Crippen LogP) is 4.60. The molecule has 2 aromatic rings. The van der Waals surface area contributed by atoms with Crippen molar-refractivity contribution in [3.8, 4) is 17.2 Å². The molecule has 1 fully saturated rings. The van der Waals surface area contributed by atoms with E-state index in [1.807, 2.05) is 20.8 Å². The standard InChI is InChI=1S/C26H30ClNO7/c1-6-34-21-13-16(8-10-19(21)35-15(2)3)23-22(25(30)26(31)28(23)11-12-32-4)24(29)17-7-9-18(27)20(14-17)33-5/h7-10,13-15,23,29H,6,11-12H2,1-5H3/b24-22-. The molecule has 0 bridgehead atoms. The van der Waals surface area contributed by atoms with Gasteiger partial charge in [-0.15, -0.1) is 0 Å². The highest BCUT2D eigenvalue weighted by Crippen LogP contribution is 2.42. The average Bonchev–Trinajstić information content (AvgIpc) is 3.08. The summed E-state index contributed by atoms with van der Waals surface area (Å²) >= 11 is 6.12. The van der Waals surface area contributed by atoms with Crippen LogP contribution in [0.1, 0.15) is 37.9 Å². The molecular weight excluding hydrogens is 474 g/mol. The lowest BCUT2D eigenvalue weighted by Crippen LogP contribution is -2.32. The predicted molar refractivity (Wildman–Crippen MR) is 132 cm³/mol. The van der Waals surface area contributed by atoms with Crippen LogP contribution >= 0.6 is 11.6 Å². The normalized spacial score (nSPS) is 17.2. The summed E-state index contributed by atoms with van der Waals surface area (Å²) < 4.78 is 22.0. The number of amides is 1. The quantitative estimate of drug-likeness (QED) is 0.287. The summed E-state index contributed by atoms with van der Waals surface area (Å²) in [6.45, 7) is 6.43. The van der Waals surface area contributed by atoms with Gasteiger partial charge in [0.05, 0.1) is 43.1 Å². The largest absolute Gasteiger partial charge is 0.507 e. The average molecular weight is 504 g/mol. The number of halogens is 1. The Balaban J connectivity index is 2.20. The molecule has 1 aliphatic heterocycles. The fourth-order valence-corrected chi connectivity index (χ4v) is 4.12. The van der Waals surface area contributed by atoms with Gasteiger partial charge >= 0.3 is 0 Å². The Labute approximate surface area is 210 Å². The first kappa shape index (κ1) is 26.4. The van der Waals surface area contributed by atoms with E-state index in [0.717, 1.165) is 0 Å². The number of ether oxygens (including phenoxy) is 4. The van der Waals surface area contributed by atoms with E-state index in [4.69, 9.17) is 30.5 Å². The van der Waals surface area contributed by atoms with Crippen molar-refractivity contribution >= 4 is 29.1 Å². The number of hydrogen-bond donors (Lipinski definition) is 1. The molecule has 0 aliphatic carbocycles. The van der Waals surface area contributed by atoms with E-state index in [1.54, 1.807) is 30.3 Å². The Hall–Kier alpha value is -3.23. The second-order valence-electron chi connectivity index (χ2n) is 8.14. The first-order chi connectivity index (χ1) is 16.7. The first-order valence-corrected chi connectivity index (χ1v) is 11.7. The lowest BCUT2D eigenvalue weighted by molar-refractivity contribution is -0.140. The Morgan fingerprint density at radius 1 is 1.09 bits per heavy atom. The van der Waals surface area contributed by atoms with Crippen LogP contribution in [0.25, 0.3) is 5.76 Å². The lowest BCUT2D eigenvalue weighted by atomic mass is 9.95. The maximum absolute atomic E-state index is 13.2. The third kappa shape index (κ3) is 5.55. The second kappa shape index (κ2) is 11.5. The molecule has 1 amide bonds. The highest BCUT2D eigenvalue weighted by molar-refractivity contribution is 6.46. The molecule has 35 heavy (non-hydrogen) atoms. The summed E-state index contributed by atoms with van der Waals surface area (Å²) in [6.07, 6.45) is -0.0766. The van der Waals surface area contributed by atoms with Gasteiger partial charge in [0, 0.05) is 19.2 Å². The van der Waals surface area contributed by atoms with E-state index in [9.17, 15) is 14.7 Å². The Morgan fingerprint density at radius 3 is 2.46 bits per heavy atom. The number of likely N-dealkylation sites (tertiary alicyclic amines) is 1. The second-order valence-corrected chi connectivity index (χ2v) is 8.55. The molecule has 188 valence electrons. The van der Waals surface area contributed by atoms with Crippen LogP contribution in [0.2, 0.25) is 5.02 Å². The minimum absolute atomic E-state index is 0.0459. The molecule has 1 aliphatic rings. The Bertz CT molecular complexity index is 1130. The monoisotopic (exact) mass is 503 g/mol. The number of hydrogen-bond acceptors (Lipinski definition) is 7. The number of methoxy groups -OCH3 is 2. The maximum Gasteiger partial charge on any atom is 0.295 e. The summed E-state index contributed by atoms with van der Waals surface area (Å²) in [5.41, 5.74) is 0.837. The molecule has 8 nitrogen and oxygen atoms in total. The van der Waals surface area contributed by atoms with Crippen LogP contribution < -0.4 is 14.2 Å². The molecule has 0 spiro atoms. The van der Waals surface area contributed by atoms with Gasteiger partial charge in [0.15, 0.2) is 11.5 Å². The zero-order valence-electron chi connectivity index (χ0n) is 20.5. The molecule has 2 aromatic carbocycles. The van der Waals surface area contributed by atoms with Gasteiger partial charge in [0.2, 0.25) is 0 Å². The van der Waals surface area contributed by atoms with Gasteiger partial charge in [-0.2, -0.15) is 0 Å². The van der Waals surface area contributed by atoms with Gasteiger partial charge in [0.1, 0.15) is 11.5 Å². The van der Waals surface area contributed by atoms with Crippen LogP contribution in [0, 0.1) is 0 Å². The summed E-state index contributed by atoms with van der Waals surface area (Å²) in [5.74, 6) is -0.502. The molecular formula is C26H30ClNO7. The van der Waals surface area contributed by atoms with Gasteiger partial charge < -0.3 is 29.0 Å². The van der Waals surface area contributed by atoms with E-state index in [-0.39, 0.29) is 30.6 Å². The van der Waals surface area contributed by atoms with E-state index >= 15 is 0 Å². The number of benzene rings is 2. The Kier molecular flexibility index (Phi) is 8.64. The molecule has 9 heteroatoms. The van der Waals surface area contributed by atoms with Gasteiger partial charge in [0.25, 0.3) is 11.7 Å². The van der Waals surface area contributed by atoms with Gasteiger partial charge in [-0.05, 0) is 56.7 Å². The zero-order valence-corrected chi connectivity index (χ0v) is 21.2. The SMILES string of the molecule is CCOc1cc(C2/C(=C(/O)c3ccc(Cl)c(OC)c3)C(=O)C(=O)N2CCOC)ccc1OC(C)C. The van der Waals surface area contributed by atoms with Crippen molar-refractivity contribution in [3.63, 3.8) is 0 Å². The van der Waals surface area contributed by atoms with Crippen molar-refractivity contribution in [2.24, 2.45) is 0 Å². The number of aliphatic hydroxyl groups excluding tert-OH is 1. The highest BCUT2D eigenvalue weighted by atomic mass is 35.5. The molecule has 1 saturated heterocycles. The molecule has 0 aromatic heterocycles. The van der Waals surface area contributed by atoms with Crippen LogP contribution in [0.3, 0.4) is 0 Å². The highest BCUT2D eigenvalue weighted by Gasteiger charge is 2.46. The van der Waals surface area contributed by atoms with Gasteiger partial charge in [-0.1, -0.05) is 17.7 Å². The minimum Gasteiger partial charge on any atom is -0.507 e. The number of aliphatic hydroxyl groups is 1. The van der Waals surface area contributed by atoms with E-state index in [1.165, 1.54) is 25.2 Å². The summed E-state index contributed by atoms with van der Waals surface area (Å²) in [7, 11) is 2.96. The third-order valence-corrected chi connectivity index (χ3v) is 5.76. The number of ketones is 1. The minimum atomic E-state index is -0.862. The third-order valence-electron chi connectivity index (χ3n) is 5.45. The Morgan fingerprint density at radius 2 is 1.83 bits per heavy atom. The topological polar surface area (TPSA) is 94.5 Å². The van der Waals surface area contributed by atoms with Crippen LogP contribution in [0.5, 0.6) is 17.2 Å². The summed E-state index contributed by atoms with van der Waals surface area (Å²) in [4.78, 5) is 27.6. The molecule has 0 radical (unpaired) electrons. The number of carbonyl (C=O) groups is 2. The molecule has 1 atom stereocenters. The molecule has 1 heterocycles. The number of rotatable bonds is 10. The molecule has 3 rings (SSSR count). The van der Waals surface area contributed by atoms with Crippen molar-refractivity contribution in [3.05, 3.63) is 58.1 Å². The number of Topliss-reactive ketones (excluding diaryl/α,β-unsaturated/α-hetero) is 1. The van der Waals surface area contributed by atoms with Gasteiger partial charge in [-0.25, -0.2) is 0 Å². The first-order valence-electron chi connectivity index (χ1n) is 11.3. The van der Waals surface area contributed by atoms with Crippen molar-refractivity contribution in [1.29, 1.82) is 0 Å². The maximum atomic E-state index is 13.2. The van der Waals surface area contributed by atoms with Crippen LogP contribution in [0.4, 0.5) is 0 Å². The van der Waals surface area contributed by atoms with E-state index in [2.05, 4.69) is 0 Å². The van der Waals surface area contributed by atoms with Crippen LogP contribution in [-0.4, -0.2) is 61.8 Å². The van der Waals surface area contributed by atoms with Crippen molar-refractivity contribution in [1.82, 2.24) is 4.90 Å². The van der Waals surface area contributed by atoms with Gasteiger partial charge in [-0.3, -0.25) is 9.59 Å². The van der Waals surface area contributed by atoms with Crippen molar-refractivity contribution < 1.29 is 33.6 Å². The fraction of sp³-hybridized carbons (Fsp3) is 0.385. The molecule has 1 N–H and O–H groups in total. The van der Waals surface area contributed by atoms with Crippen LogP contribution in [-0.2, 0) is 14.3 Å². The van der Waals surface area contributed by atoms with Crippen molar-refractivity contribution in [2.45, 2.75) is 32.9 Å². The zero-order chi connectivity index (χ0) is 25.7. The number of carbonyl (C=O) groups excluding carboxylic acids is 2. The fourth-order valence-electron chi connectivity index (χ4n) is 3.92. The summed E-state index contributed by atoms with van der Waals surface area (Å²) in [5, 5.41) is 11.6. The molecule has 0 saturated carbocycles. The summed E-state index contributed by atoms with van der Waals surface area (Å²) in [6, 6.07) is 8.99. The van der Waals surface area contributed by atoms with E-state index < -0.39 is 17.7 Å². The van der Waals surface area contributed by atoms with Crippen molar-refractivity contribution in [2.75, 3.05) is 34.0 Å². The lowest BCUT2D eigenvalue weighted by Gasteiger charge is -2.26. The van der Waals surface area contributed by atoms with Crippen LogP contribution in [0.15, 0.2) is 42.0 Å². The molecule has 1 unspecified atom stereocenters. The van der Waals surface area contributed by atoms with E-state index in [0.29, 0.717) is 40.0 Å². The number of nitrogens with zero attached hydrogens (tertiary/aromatic N) is 1.